The zero-order valence-corrected chi connectivity index (χ0v) is 37.4. The van der Waals surface area contributed by atoms with Crippen molar-refractivity contribution in [2.45, 2.75) is 119 Å². The summed E-state index contributed by atoms with van der Waals surface area (Å²) < 4.78 is 52.5. The highest BCUT2D eigenvalue weighted by molar-refractivity contribution is 7.53. The molecule has 2 heterocycles. The molecule has 1 saturated heterocycles. The SMILES string of the molecule is C=CCO[C@H]1O[C@H](COCc2ccccc2)[C@@H](O[P+]2([O-])OCc3ccccc3CO2)[C@H](OC(=O)C[C@@H](CCCCCCC)OCc2ccccc2)[C@H]1NC(=O)OCC(Cl)(Cl)Cl. The van der Waals surface area contributed by atoms with Gasteiger partial charge in [0.15, 0.2) is 18.5 Å². The Morgan fingerprint density at radius 1 is 0.902 bits per heavy atom. The van der Waals surface area contributed by atoms with Crippen LogP contribution in [0.3, 0.4) is 0 Å². The minimum atomic E-state index is -4.45. The van der Waals surface area contributed by atoms with E-state index in [1.165, 1.54) is 6.08 Å². The lowest BCUT2D eigenvalue weighted by atomic mass is 9.96. The van der Waals surface area contributed by atoms with Crippen molar-refractivity contribution in [3.8, 4) is 0 Å². The Balaban J connectivity index is 1.47. The molecule has 0 unspecified atom stereocenters. The fourth-order valence-corrected chi connectivity index (χ4v) is 8.24. The van der Waals surface area contributed by atoms with E-state index in [2.05, 4.69) is 18.8 Å². The lowest BCUT2D eigenvalue weighted by Gasteiger charge is -2.45. The summed E-state index contributed by atoms with van der Waals surface area (Å²) in [6.07, 6.45) is -0.0421. The Kier molecular flexibility index (Phi) is 20.5. The fraction of sp³-hybridized carbons (Fsp3) is 0.500. The third-order valence-corrected chi connectivity index (χ3v) is 11.5. The van der Waals surface area contributed by atoms with Crippen LogP contribution in [0.15, 0.2) is 97.6 Å². The second-order valence-corrected chi connectivity index (χ2v) is 18.8. The van der Waals surface area contributed by atoms with E-state index in [1.807, 2.05) is 84.9 Å². The average Bonchev–Trinajstić information content (AvgIpc) is 3.42. The molecule has 0 aliphatic carbocycles. The molecule has 61 heavy (non-hydrogen) atoms. The topological polar surface area (TPSA) is 152 Å². The fourth-order valence-electron chi connectivity index (χ4n) is 6.73. The average molecular weight is 927 g/mol. The number of alkyl carbamates (subject to hydrolysis) is 1. The molecule has 2 aliphatic rings. The first-order valence-electron chi connectivity index (χ1n) is 20.4. The van der Waals surface area contributed by atoms with Crippen molar-refractivity contribution in [3.05, 3.63) is 120 Å². The van der Waals surface area contributed by atoms with Gasteiger partial charge in [0.1, 0.15) is 32.0 Å². The maximum absolute atomic E-state index is 14.5. The summed E-state index contributed by atoms with van der Waals surface area (Å²) in [6.45, 7) is 5.28. The lowest BCUT2D eigenvalue weighted by molar-refractivity contribution is -0.297. The monoisotopic (exact) mass is 925 g/mol. The van der Waals surface area contributed by atoms with Gasteiger partial charge in [-0.3, -0.25) is 4.79 Å². The molecule has 0 bridgehead atoms. The summed E-state index contributed by atoms with van der Waals surface area (Å²) in [6, 6.07) is 25.0. The Morgan fingerprint density at radius 2 is 1.52 bits per heavy atom. The Bertz CT molecular complexity index is 1750. The third kappa shape index (κ3) is 17.0. The first-order valence-corrected chi connectivity index (χ1v) is 23.0. The summed E-state index contributed by atoms with van der Waals surface area (Å²) in [5, 5.41) is 2.65. The van der Waals surface area contributed by atoms with Crippen molar-refractivity contribution < 1.29 is 56.5 Å². The zero-order valence-electron chi connectivity index (χ0n) is 34.2. The highest BCUT2D eigenvalue weighted by Gasteiger charge is 2.55. The Hall–Kier alpha value is -2.88. The van der Waals surface area contributed by atoms with E-state index in [0.717, 1.165) is 54.4 Å². The van der Waals surface area contributed by atoms with Gasteiger partial charge < -0.3 is 38.6 Å². The van der Waals surface area contributed by atoms with E-state index in [9.17, 15) is 14.5 Å². The number of benzene rings is 3. The number of carbonyl (C=O) groups is 2. The molecule has 6 atom stereocenters. The van der Waals surface area contributed by atoms with Gasteiger partial charge in [-0.1, -0.05) is 165 Å². The number of ether oxygens (including phenoxy) is 6. The van der Waals surface area contributed by atoms with Gasteiger partial charge >= 0.3 is 20.2 Å². The molecule has 334 valence electrons. The number of alkyl halides is 3. The summed E-state index contributed by atoms with van der Waals surface area (Å²) >= 11 is 17.7. The van der Waals surface area contributed by atoms with Crippen LogP contribution in [0.25, 0.3) is 0 Å². The van der Waals surface area contributed by atoms with E-state index in [0.29, 0.717) is 6.42 Å². The molecule has 17 heteroatoms. The van der Waals surface area contributed by atoms with E-state index >= 15 is 0 Å². The van der Waals surface area contributed by atoms with Crippen molar-refractivity contribution >= 4 is 55.0 Å². The number of halogens is 3. The molecule has 2 aliphatic heterocycles. The number of carbonyl (C=O) groups excluding carboxylic acids is 2. The van der Waals surface area contributed by atoms with E-state index in [-0.39, 0.29) is 46.1 Å². The number of phosphoric acid groups is 1. The molecule has 3 aromatic carbocycles. The minimum Gasteiger partial charge on any atom is -0.606 e. The van der Waals surface area contributed by atoms with Gasteiger partial charge in [0.25, 0.3) is 0 Å². The van der Waals surface area contributed by atoms with Crippen LogP contribution in [0.1, 0.15) is 74.1 Å². The molecule has 0 saturated carbocycles. The van der Waals surface area contributed by atoms with Crippen LogP contribution in [-0.2, 0) is 73.2 Å². The molecule has 3 aromatic rings. The molecule has 0 aromatic heterocycles. The smallest absolute Gasteiger partial charge is 0.407 e. The molecule has 1 amide bonds. The van der Waals surface area contributed by atoms with E-state index in [4.69, 9.17) is 76.8 Å². The van der Waals surface area contributed by atoms with Gasteiger partial charge in [-0.15, -0.1) is 6.58 Å². The highest BCUT2D eigenvalue weighted by Crippen LogP contribution is 2.58. The summed E-state index contributed by atoms with van der Waals surface area (Å²) in [4.78, 5) is 42.2. The standard InChI is InChI=1S/C44H55Cl3NO12P/c1-3-5-6-7-14-23-36(54-27-33-19-12-9-13-20-33)25-38(49)59-41-39(48-43(50)55-31-44(45,46)47)42(53-24-4-2)58-37(30-52-26-32-17-10-8-11-18-32)40(41)60-61(51)56-28-34-21-15-16-22-35(34)29-57-61/h4,8-13,15-22,36-37,39-42H,2-3,5-7,14,23-31H2,1H3,(H,48,50)/t36-,37-,39-,40-,41-,42+/m1/s1. The van der Waals surface area contributed by atoms with Gasteiger partial charge in [-0.25, -0.2) is 4.79 Å². The summed E-state index contributed by atoms with van der Waals surface area (Å²) in [7, 11) is -4.45. The molecule has 0 spiro atoms. The van der Waals surface area contributed by atoms with Crippen LogP contribution in [-0.4, -0.2) is 72.4 Å². The summed E-state index contributed by atoms with van der Waals surface area (Å²) in [5.74, 6) is -0.701. The van der Waals surface area contributed by atoms with Crippen molar-refractivity contribution in [2.24, 2.45) is 0 Å². The molecule has 1 N–H and O–H groups in total. The molecule has 5 rings (SSSR count). The van der Waals surface area contributed by atoms with Crippen LogP contribution in [0.2, 0.25) is 0 Å². The number of nitrogens with one attached hydrogen (secondary N) is 1. The lowest BCUT2D eigenvalue weighted by Crippen LogP contribution is -2.66. The molecule has 13 nitrogen and oxygen atoms in total. The normalized spacial score (nSPS) is 21.7. The van der Waals surface area contributed by atoms with Crippen molar-refractivity contribution in [2.75, 3.05) is 19.8 Å². The van der Waals surface area contributed by atoms with Crippen LogP contribution in [0.5, 0.6) is 0 Å². The molecular weight excluding hydrogens is 872 g/mol. The number of amides is 1. The molecular formula is C44H55Cl3NO12P. The van der Waals surface area contributed by atoms with Crippen LogP contribution in [0.4, 0.5) is 4.79 Å². The number of rotatable bonds is 23. The number of hydrogen-bond donors (Lipinski definition) is 1. The van der Waals surface area contributed by atoms with Crippen LogP contribution >= 0.6 is 43.0 Å². The second kappa shape index (κ2) is 25.4. The first kappa shape index (κ1) is 49.1. The van der Waals surface area contributed by atoms with E-state index < -0.39 is 67.4 Å². The van der Waals surface area contributed by atoms with Crippen LogP contribution < -0.4 is 10.2 Å². The maximum atomic E-state index is 14.5. The minimum absolute atomic E-state index is 0.0494. The number of phosphoric ester groups is 1. The van der Waals surface area contributed by atoms with Crippen molar-refractivity contribution in [1.29, 1.82) is 0 Å². The number of unbranched alkanes of at least 4 members (excludes halogenated alkanes) is 4. The second-order valence-electron chi connectivity index (χ2n) is 14.6. The quantitative estimate of drug-likeness (QED) is 0.0318. The predicted molar refractivity (Wildman–Crippen MR) is 230 cm³/mol. The third-order valence-electron chi connectivity index (χ3n) is 9.82. The number of esters is 1. The number of fused-ring (bicyclic) bond motifs is 1. The largest absolute Gasteiger partial charge is 0.606 e. The Morgan fingerprint density at radius 3 is 2.15 bits per heavy atom. The first-order chi connectivity index (χ1) is 29.4. The van der Waals surface area contributed by atoms with E-state index in [1.54, 1.807) is 0 Å². The molecule has 0 radical (unpaired) electrons. The van der Waals surface area contributed by atoms with Gasteiger partial charge in [0.2, 0.25) is 3.79 Å². The van der Waals surface area contributed by atoms with Crippen molar-refractivity contribution in [1.82, 2.24) is 5.32 Å². The Labute approximate surface area is 373 Å². The summed E-state index contributed by atoms with van der Waals surface area (Å²) in [5.41, 5.74) is 3.31. The predicted octanol–water partition coefficient (Wildman–Crippen LogP) is 9.01. The maximum Gasteiger partial charge on any atom is 0.407 e. The zero-order chi connectivity index (χ0) is 43.5. The van der Waals surface area contributed by atoms with Gasteiger partial charge in [-0.2, -0.15) is 13.6 Å². The van der Waals surface area contributed by atoms with Gasteiger partial charge in [0.05, 0.1) is 39.0 Å². The van der Waals surface area contributed by atoms with Gasteiger partial charge in [0, 0.05) is 0 Å². The van der Waals surface area contributed by atoms with Crippen molar-refractivity contribution in [3.63, 3.8) is 0 Å². The molecule has 1 fully saturated rings. The number of hydrogen-bond acceptors (Lipinski definition) is 12. The van der Waals surface area contributed by atoms with Gasteiger partial charge in [-0.05, 0) is 28.7 Å². The van der Waals surface area contributed by atoms with Crippen LogP contribution in [0, 0.1) is 0 Å². The highest BCUT2D eigenvalue weighted by atomic mass is 35.6.